The maximum absolute atomic E-state index is 11.8. The second-order valence-electron chi connectivity index (χ2n) is 5.78. The van der Waals surface area contributed by atoms with Gasteiger partial charge >= 0.3 is 5.97 Å². The summed E-state index contributed by atoms with van der Waals surface area (Å²) in [4.78, 5) is 18.6. The second-order valence-corrected chi connectivity index (χ2v) is 5.78. The van der Waals surface area contributed by atoms with E-state index in [9.17, 15) is 9.90 Å². The largest absolute Gasteiger partial charge is 0.480 e. The number of aliphatic carboxylic acids is 1. The third-order valence-electron chi connectivity index (χ3n) is 4.54. The van der Waals surface area contributed by atoms with Crippen molar-refractivity contribution in [3.05, 3.63) is 0 Å². The van der Waals surface area contributed by atoms with Crippen LogP contribution in [0.4, 0.5) is 0 Å². The molecule has 0 aromatic rings. The molecule has 2 saturated heterocycles. The average molecular weight is 255 g/mol. The van der Waals surface area contributed by atoms with Gasteiger partial charge in [0.2, 0.25) is 0 Å². The van der Waals surface area contributed by atoms with Gasteiger partial charge in [0.1, 0.15) is 5.54 Å². The zero-order valence-electron chi connectivity index (χ0n) is 11.6. The van der Waals surface area contributed by atoms with Gasteiger partial charge in [-0.2, -0.15) is 0 Å². The molecule has 5 nitrogen and oxygen atoms in total. The third kappa shape index (κ3) is 2.68. The van der Waals surface area contributed by atoms with Gasteiger partial charge in [0.15, 0.2) is 0 Å². The topological polar surface area (TPSA) is 47.0 Å². The SMILES string of the molecule is CN1CCN(C2(C(=O)O)CCCN(C)CC2)CC1. The lowest BCUT2D eigenvalue weighted by molar-refractivity contribution is -0.154. The fourth-order valence-corrected chi connectivity index (χ4v) is 3.15. The molecule has 5 heteroatoms. The van der Waals surface area contributed by atoms with Crippen molar-refractivity contribution in [1.29, 1.82) is 0 Å². The van der Waals surface area contributed by atoms with E-state index in [0.717, 1.165) is 58.5 Å². The summed E-state index contributed by atoms with van der Waals surface area (Å²) in [6.45, 7) is 5.62. The highest BCUT2D eigenvalue weighted by atomic mass is 16.4. The Hall–Kier alpha value is -0.650. The van der Waals surface area contributed by atoms with Gasteiger partial charge in [-0.1, -0.05) is 0 Å². The normalized spacial score (nSPS) is 33.2. The number of likely N-dealkylation sites (tertiary alicyclic amines) is 1. The first kappa shape index (κ1) is 13.8. The Morgan fingerprint density at radius 3 is 2.17 bits per heavy atom. The maximum atomic E-state index is 11.8. The minimum Gasteiger partial charge on any atom is -0.480 e. The number of likely N-dealkylation sites (N-methyl/N-ethyl adjacent to an activating group) is 1. The first-order valence-electron chi connectivity index (χ1n) is 6.90. The van der Waals surface area contributed by atoms with Gasteiger partial charge in [0, 0.05) is 32.7 Å². The van der Waals surface area contributed by atoms with E-state index < -0.39 is 11.5 Å². The maximum Gasteiger partial charge on any atom is 0.324 e. The molecular formula is C13H25N3O2. The molecule has 0 aromatic carbocycles. The molecule has 1 unspecified atom stereocenters. The number of carbonyl (C=O) groups is 1. The number of piperazine rings is 1. The molecule has 2 heterocycles. The van der Waals surface area contributed by atoms with Crippen LogP contribution in [0.1, 0.15) is 19.3 Å². The van der Waals surface area contributed by atoms with Crippen LogP contribution in [0.3, 0.4) is 0 Å². The van der Waals surface area contributed by atoms with Gasteiger partial charge < -0.3 is 14.9 Å². The van der Waals surface area contributed by atoms with Crippen LogP contribution in [0.15, 0.2) is 0 Å². The summed E-state index contributed by atoms with van der Waals surface area (Å²) in [5.74, 6) is -0.623. The van der Waals surface area contributed by atoms with Crippen LogP contribution in [0.2, 0.25) is 0 Å². The summed E-state index contributed by atoms with van der Waals surface area (Å²) in [7, 11) is 4.19. The third-order valence-corrected chi connectivity index (χ3v) is 4.54. The number of hydrogen-bond acceptors (Lipinski definition) is 4. The molecule has 2 rings (SSSR count). The Labute approximate surface area is 109 Å². The molecule has 0 saturated carbocycles. The number of carboxylic acid groups (broad SMARTS) is 1. The van der Waals surface area contributed by atoms with Crippen molar-refractivity contribution in [2.75, 3.05) is 53.4 Å². The summed E-state index contributed by atoms with van der Waals surface area (Å²) in [6.07, 6.45) is 2.52. The minimum absolute atomic E-state index is 0.619. The molecule has 1 N–H and O–H groups in total. The van der Waals surface area contributed by atoms with Gasteiger partial charge in [0.25, 0.3) is 0 Å². The van der Waals surface area contributed by atoms with Gasteiger partial charge in [-0.3, -0.25) is 9.69 Å². The van der Waals surface area contributed by atoms with Crippen LogP contribution in [0.5, 0.6) is 0 Å². The number of carboxylic acids is 1. The molecule has 104 valence electrons. The van der Waals surface area contributed by atoms with Crippen molar-refractivity contribution < 1.29 is 9.90 Å². The highest BCUT2D eigenvalue weighted by molar-refractivity contribution is 5.79. The molecule has 0 amide bonds. The quantitative estimate of drug-likeness (QED) is 0.762. The van der Waals surface area contributed by atoms with Gasteiger partial charge in [-0.15, -0.1) is 0 Å². The highest BCUT2D eigenvalue weighted by Crippen LogP contribution is 2.30. The summed E-state index contributed by atoms with van der Waals surface area (Å²) >= 11 is 0. The van der Waals surface area contributed by atoms with Gasteiger partial charge in [0.05, 0.1) is 0 Å². The molecule has 0 radical (unpaired) electrons. The lowest BCUT2D eigenvalue weighted by atomic mass is 9.87. The summed E-state index contributed by atoms with van der Waals surface area (Å²) < 4.78 is 0. The Kier molecular flexibility index (Phi) is 4.25. The van der Waals surface area contributed by atoms with Crippen LogP contribution >= 0.6 is 0 Å². The predicted octanol–water partition coefficient (Wildman–Crippen LogP) is 0.173. The monoisotopic (exact) mass is 255 g/mol. The van der Waals surface area contributed by atoms with Crippen LogP contribution in [-0.2, 0) is 4.79 Å². The number of rotatable bonds is 2. The van der Waals surface area contributed by atoms with E-state index in [4.69, 9.17) is 0 Å². The van der Waals surface area contributed by atoms with Crippen LogP contribution in [0, 0.1) is 0 Å². The van der Waals surface area contributed by atoms with E-state index in [1.807, 2.05) is 0 Å². The van der Waals surface area contributed by atoms with Crippen molar-refractivity contribution >= 4 is 5.97 Å². The fraction of sp³-hybridized carbons (Fsp3) is 0.923. The first-order chi connectivity index (χ1) is 8.54. The molecule has 2 aliphatic rings. The summed E-state index contributed by atoms with van der Waals surface area (Å²) in [5, 5.41) is 9.74. The Bertz CT molecular complexity index is 303. The van der Waals surface area contributed by atoms with Crippen molar-refractivity contribution in [3.63, 3.8) is 0 Å². The zero-order valence-corrected chi connectivity index (χ0v) is 11.6. The average Bonchev–Trinajstić information content (AvgIpc) is 2.53. The van der Waals surface area contributed by atoms with E-state index in [1.54, 1.807) is 0 Å². The van der Waals surface area contributed by atoms with E-state index in [-0.39, 0.29) is 0 Å². The molecule has 2 fully saturated rings. The predicted molar refractivity (Wildman–Crippen MR) is 70.8 cm³/mol. The molecule has 18 heavy (non-hydrogen) atoms. The Morgan fingerprint density at radius 1 is 0.944 bits per heavy atom. The minimum atomic E-state index is -0.623. The first-order valence-corrected chi connectivity index (χ1v) is 6.90. The van der Waals surface area contributed by atoms with Crippen molar-refractivity contribution in [3.8, 4) is 0 Å². The van der Waals surface area contributed by atoms with Crippen LogP contribution in [0.25, 0.3) is 0 Å². The molecule has 0 spiro atoms. The summed E-state index contributed by atoms with van der Waals surface area (Å²) in [5.41, 5.74) is -0.619. The Morgan fingerprint density at radius 2 is 1.56 bits per heavy atom. The van der Waals surface area contributed by atoms with E-state index in [2.05, 4.69) is 28.8 Å². The summed E-state index contributed by atoms with van der Waals surface area (Å²) in [6, 6.07) is 0. The Balaban J connectivity index is 2.13. The van der Waals surface area contributed by atoms with Crippen molar-refractivity contribution in [2.24, 2.45) is 0 Å². The smallest absolute Gasteiger partial charge is 0.324 e. The molecule has 0 aromatic heterocycles. The fourth-order valence-electron chi connectivity index (χ4n) is 3.15. The molecule has 0 aliphatic carbocycles. The van der Waals surface area contributed by atoms with Crippen LogP contribution < -0.4 is 0 Å². The molecule has 1 atom stereocenters. The highest BCUT2D eigenvalue weighted by Gasteiger charge is 2.45. The van der Waals surface area contributed by atoms with E-state index in [1.165, 1.54) is 0 Å². The number of nitrogens with zero attached hydrogens (tertiary/aromatic N) is 3. The lowest BCUT2D eigenvalue weighted by Crippen LogP contribution is -2.60. The molecule has 2 aliphatic heterocycles. The number of hydrogen-bond donors (Lipinski definition) is 1. The van der Waals surface area contributed by atoms with Crippen molar-refractivity contribution in [1.82, 2.24) is 14.7 Å². The van der Waals surface area contributed by atoms with Crippen LogP contribution in [-0.4, -0.2) is 84.7 Å². The zero-order chi connectivity index (χ0) is 13.2. The standard InChI is InChI=1S/C13H25N3O2/c1-14-6-3-4-13(5-7-14,12(17)18)16-10-8-15(2)9-11-16/h3-11H2,1-2H3,(H,17,18). The van der Waals surface area contributed by atoms with Crippen molar-refractivity contribution in [2.45, 2.75) is 24.8 Å². The second kappa shape index (κ2) is 5.55. The molecule has 0 bridgehead atoms. The van der Waals surface area contributed by atoms with E-state index in [0.29, 0.717) is 0 Å². The van der Waals surface area contributed by atoms with E-state index >= 15 is 0 Å². The van der Waals surface area contributed by atoms with Gasteiger partial charge in [-0.05, 0) is 39.9 Å². The van der Waals surface area contributed by atoms with Gasteiger partial charge in [-0.25, -0.2) is 0 Å². The molecular weight excluding hydrogens is 230 g/mol. The lowest BCUT2D eigenvalue weighted by Gasteiger charge is -2.44.